The lowest BCUT2D eigenvalue weighted by Gasteiger charge is -2.17. The Kier molecular flexibility index (Phi) is 7.16. The number of anilines is 1. The molecule has 1 unspecified atom stereocenters. The Bertz CT molecular complexity index is 684. The van der Waals surface area contributed by atoms with Crippen molar-refractivity contribution in [3.63, 3.8) is 0 Å². The highest BCUT2D eigenvalue weighted by molar-refractivity contribution is 5.95. The number of rotatable bonds is 8. The van der Waals surface area contributed by atoms with Crippen LogP contribution in [0.1, 0.15) is 29.2 Å². The van der Waals surface area contributed by atoms with E-state index >= 15 is 0 Å². The Morgan fingerprint density at radius 1 is 1.16 bits per heavy atom. The number of nitrogens with zero attached hydrogens (tertiary/aromatic N) is 1. The first-order chi connectivity index (χ1) is 12.0. The summed E-state index contributed by atoms with van der Waals surface area (Å²) in [5, 5.41) is 2.98. The topological polar surface area (TPSA) is 41.6 Å². The molecule has 1 amide bonds. The van der Waals surface area contributed by atoms with Crippen molar-refractivity contribution in [2.24, 2.45) is 0 Å². The van der Waals surface area contributed by atoms with E-state index in [4.69, 9.17) is 4.74 Å². The molecule has 0 aliphatic carbocycles. The minimum Gasteiger partial charge on any atom is -0.367 e. The molecule has 2 aromatic rings. The lowest BCUT2D eigenvalue weighted by Crippen LogP contribution is -2.22. The first-order valence-corrected chi connectivity index (χ1v) is 8.64. The highest BCUT2D eigenvalue weighted by Gasteiger charge is 2.20. The van der Waals surface area contributed by atoms with Gasteiger partial charge in [0.25, 0.3) is 5.91 Å². The molecule has 0 fully saturated rings. The van der Waals surface area contributed by atoms with E-state index in [1.807, 2.05) is 36.4 Å². The lowest BCUT2D eigenvalue weighted by molar-refractivity contribution is -0.126. The Balaban J connectivity index is 2.07. The largest absolute Gasteiger partial charge is 0.367 e. The van der Waals surface area contributed by atoms with Gasteiger partial charge in [-0.05, 0) is 69.2 Å². The first kappa shape index (κ1) is 19.2. The molecular weight excluding hydrogens is 312 g/mol. The maximum atomic E-state index is 12.6. The van der Waals surface area contributed by atoms with Crippen molar-refractivity contribution in [2.75, 3.05) is 33.1 Å². The molecule has 2 rings (SSSR count). The molecule has 25 heavy (non-hydrogen) atoms. The normalized spacial score (nSPS) is 12.2. The van der Waals surface area contributed by atoms with E-state index in [-0.39, 0.29) is 5.91 Å². The zero-order chi connectivity index (χ0) is 18.2. The number of ether oxygens (including phenoxy) is 1. The van der Waals surface area contributed by atoms with Crippen LogP contribution in [-0.2, 0) is 16.0 Å². The van der Waals surface area contributed by atoms with Gasteiger partial charge in [0.2, 0.25) is 0 Å². The smallest absolute Gasteiger partial charge is 0.258 e. The standard InChI is InChI=1S/C21H28N2O2/c1-16-12-13-19(15-18(16)11-8-14-23(2)3)22-21(24)20(25-4)17-9-6-5-7-10-17/h5-7,9-10,12-13,15,20H,8,11,14H2,1-4H3,(H,22,24). The van der Waals surface area contributed by atoms with Gasteiger partial charge in [-0.1, -0.05) is 36.4 Å². The molecule has 0 heterocycles. The van der Waals surface area contributed by atoms with E-state index in [2.05, 4.69) is 43.4 Å². The third kappa shape index (κ3) is 5.69. The molecule has 0 radical (unpaired) electrons. The number of hydrogen-bond acceptors (Lipinski definition) is 3. The van der Waals surface area contributed by atoms with Crippen molar-refractivity contribution < 1.29 is 9.53 Å². The number of methoxy groups -OCH3 is 1. The average molecular weight is 340 g/mol. The summed E-state index contributed by atoms with van der Waals surface area (Å²) in [5.74, 6) is -0.156. The predicted molar refractivity (Wildman–Crippen MR) is 103 cm³/mol. The van der Waals surface area contributed by atoms with Crippen LogP contribution in [0.4, 0.5) is 5.69 Å². The van der Waals surface area contributed by atoms with Gasteiger partial charge in [-0.3, -0.25) is 4.79 Å². The van der Waals surface area contributed by atoms with E-state index in [1.54, 1.807) is 7.11 Å². The van der Waals surface area contributed by atoms with Gasteiger partial charge in [0, 0.05) is 12.8 Å². The molecule has 0 saturated carbocycles. The third-order valence-corrected chi connectivity index (χ3v) is 4.24. The molecule has 1 atom stereocenters. The molecule has 0 spiro atoms. The lowest BCUT2D eigenvalue weighted by atomic mass is 10.0. The van der Waals surface area contributed by atoms with Crippen LogP contribution < -0.4 is 5.32 Å². The van der Waals surface area contributed by atoms with Crippen LogP contribution in [0, 0.1) is 6.92 Å². The summed E-state index contributed by atoms with van der Waals surface area (Å²) in [6.07, 6.45) is 1.48. The van der Waals surface area contributed by atoms with Crippen LogP contribution in [0.5, 0.6) is 0 Å². The first-order valence-electron chi connectivity index (χ1n) is 8.64. The minimum absolute atomic E-state index is 0.156. The molecule has 0 aliphatic rings. The fourth-order valence-electron chi connectivity index (χ4n) is 2.83. The van der Waals surface area contributed by atoms with Crippen LogP contribution in [0.2, 0.25) is 0 Å². The Morgan fingerprint density at radius 2 is 1.88 bits per heavy atom. The van der Waals surface area contributed by atoms with E-state index in [1.165, 1.54) is 11.1 Å². The number of amides is 1. The number of nitrogens with one attached hydrogen (secondary N) is 1. The van der Waals surface area contributed by atoms with Crippen molar-refractivity contribution in [1.82, 2.24) is 4.90 Å². The Morgan fingerprint density at radius 3 is 2.52 bits per heavy atom. The maximum absolute atomic E-state index is 12.6. The number of carbonyl (C=O) groups is 1. The van der Waals surface area contributed by atoms with Gasteiger partial charge in [0.05, 0.1) is 0 Å². The second-order valence-electron chi connectivity index (χ2n) is 6.56. The van der Waals surface area contributed by atoms with Gasteiger partial charge in [0.15, 0.2) is 6.10 Å². The summed E-state index contributed by atoms with van der Waals surface area (Å²) in [5.41, 5.74) is 4.19. The Hall–Kier alpha value is -2.17. The molecule has 0 aliphatic heterocycles. The molecule has 0 aromatic heterocycles. The molecular formula is C21H28N2O2. The van der Waals surface area contributed by atoms with Gasteiger partial charge in [-0.25, -0.2) is 0 Å². The summed E-state index contributed by atoms with van der Waals surface area (Å²) in [6, 6.07) is 15.6. The zero-order valence-electron chi connectivity index (χ0n) is 15.6. The van der Waals surface area contributed by atoms with Crippen molar-refractivity contribution in [2.45, 2.75) is 25.9 Å². The molecule has 4 nitrogen and oxygen atoms in total. The fourth-order valence-corrected chi connectivity index (χ4v) is 2.83. The van der Waals surface area contributed by atoms with Crippen LogP contribution in [0.15, 0.2) is 48.5 Å². The van der Waals surface area contributed by atoms with Crippen LogP contribution in [0.3, 0.4) is 0 Å². The zero-order valence-corrected chi connectivity index (χ0v) is 15.6. The van der Waals surface area contributed by atoms with E-state index in [0.717, 1.165) is 30.6 Å². The van der Waals surface area contributed by atoms with E-state index in [0.29, 0.717) is 0 Å². The minimum atomic E-state index is -0.611. The number of carbonyl (C=O) groups excluding carboxylic acids is 1. The highest BCUT2D eigenvalue weighted by Crippen LogP contribution is 2.21. The number of aryl methyl sites for hydroxylation is 2. The van der Waals surface area contributed by atoms with E-state index in [9.17, 15) is 4.79 Å². The number of benzene rings is 2. The molecule has 1 N–H and O–H groups in total. The second-order valence-corrected chi connectivity index (χ2v) is 6.56. The van der Waals surface area contributed by atoms with Crippen molar-refractivity contribution in [3.05, 3.63) is 65.2 Å². The summed E-state index contributed by atoms with van der Waals surface area (Å²) in [7, 11) is 5.72. The molecule has 2 aromatic carbocycles. The van der Waals surface area contributed by atoms with Crippen LogP contribution in [0.25, 0.3) is 0 Å². The maximum Gasteiger partial charge on any atom is 0.258 e. The average Bonchev–Trinajstić information content (AvgIpc) is 2.59. The fraction of sp³-hybridized carbons (Fsp3) is 0.381. The summed E-state index contributed by atoms with van der Waals surface area (Å²) in [6.45, 7) is 3.16. The van der Waals surface area contributed by atoms with Gasteiger partial charge in [-0.2, -0.15) is 0 Å². The SMILES string of the molecule is COC(C(=O)Nc1ccc(C)c(CCCN(C)C)c1)c1ccccc1. The van der Waals surface area contributed by atoms with Gasteiger partial charge in [0.1, 0.15) is 0 Å². The van der Waals surface area contributed by atoms with E-state index < -0.39 is 6.10 Å². The Labute approximate surface area is 150 Å². The highest BCUT2D eigenvalue weighted by atomic mass is 16.5. The number of hydrogen-bond donors (Lipinski definition) is 1. The molecule has 134 valence electrons. The molecule has 0 bridgehead atoms. The molecule has 4 heteroatoms. The second kappa shape index (κ2) is 9.35. The summed E-state index contributed by atoms with van der Waals surface area (Å²) >= 11 is 0. The van der Waals surface area contributed by atoms with Crippen molar-refractivity contribution in [1.29, 1.82) is 0 Å². The van der Waals surface area contributed by atoms with Crippen molar-refractivity contribution >= 4 is 11.6 Å². The van der Waals surface area contributed by atoms with Crippen molar-refractivity contribution in [3.8, 4) is 0 Å². The molecule has 0 saturated heterocycles. The van der Waals surface area contributed by atoms with Gasteiger partial charge in [-0.15, -0.1) is 0 Å². The quantitative estimate of drug-likeness (QED) is 0.794. The van der Waals surface area contributed by atoms with Gasteiger partial charge < -0.3 is 15.0 Å². The predicted octanol–water partition coefficient (Wildman–Crippen LogP) is 3.82. The summed E-state index contributed by atoms with van der Waals surface area (Å²) in [4.78, 5) is 14.8. The van der Waals surface area contributed by atoms with Crippen LogP contribution >= 0.6 is 0 Å². The summed E-state index contributed by atoms with van der Waals surface area (Å²) < 4.78 is 5.40. The monoisotopic (exact) mass is 340 g/mol. The van der Waals surface area contributed by atoms with Crippen LogP contribution in [-0.4, -0.2) is 38.6 Å². The van der Waals surface area contributed by atoms with Gasteiger partial charge >= 0.3 is 0 Å². The third-order valence-electron chi connectivity index (χ3n) is 4.24.